The molecule has 41 heavy (non-hydrogen) atoms. The number of benzene rings is 1. The molecule has 4 rings (SSSR count). The Hall–Kier alpha value is -3.25. The van der Waals surface area contributed by atoms with Gasteiger partial charge in [-0.15, -0.1) is 0 Å². The molecule has 2 unspecified atom stereocenters. The highest BCUT2D eigenvalue weighted by Gasteiger charge is 2.34. The molecule has 3 aromatic rings. The van der Waals surface area contributed by atoms with E-state index in [1.54, 1.807) is 18.5 Å². The fourth-order valence-electron chi connectivity index (χ4n) is 4.50. The molecule has 1 aliphatic heterocycles. The fourth-order valence-corrected chi connectivity index (χ4v) is 6.45. The van der Waals surface area contributed by atoms with Crippen LogP contribution in [0.25, 0.3) is 0 Å². The summed E-state index contributed by atoms with van der Waals surface area (Å²) in [5, 5.41) is 18.2. The van der Waals surface area contributed by atoms with Gasteiger partial charge in [-0.2, -0.15) is 0 Å². The van der Waals surface area contributed by atoms with Gasteiger partial charge in [0.25, 0.3) is 0 Å². The van der Waals surface area contributed by atoms with E-state index in [9.17, 15) is 9.90 Å². The normalized spacial score (nSPS) is 16.7. The van der Waals surface area contributed by atoms with E-state index in [-0.39, 0.29) is 11.7 Å². The second-order valence-corrected chi connectivity index (χ2v) is 12.7. The van der Waals surface area contributed by atoms with Crippen LogP contribution in [-0.2, 0) is 16.9 Å². The highest BCUT2D eigenvalue weighted by atomic mass is 32.2. The number of thioether (sulfide) groups is 1. The molecule has 1 amide bonds. The van der Waals surface area contributed by atoms with Crippen molar-refractivity contribution in [2.24, 2.45) is 0 Å². The number of carbonyl (C=O) groups is 1. The van der Waals surface area contributed by atoms with Crippen LogP contribution < -0.4 is 10.6 Å². The SMILES string of the molecule is CCCC(O)(CN1C=CC(Sc2cnc(Nc3ccc(CNC(=O)CN(C)C)cn3)s2)=C(F)C1C)c1ccccc1. The van der Waals surface area contributed by atoms with E-state index < -0.39 is 11.6 Å². The number of allylic oxidation sites excluding steroid dienone is 1. The molecule has 1 aromatic carbocycles. The molecular weight excluding hydrogens is 560 g/mol. The number of carbonyl (C=O) groups excluding carboxylic acids is 1. The zero-order valence-corrected chi connectivity index (χ0v) is 25.4. The van der Waals surface area contributed by atoms with Gasteiger partial charge in [0.05, 0.1) is 29.5 Å². The summed E-state index contributed by atoms with van der Waals surface area (Å²) in [6, 6.07) is 12.8. The first-order valence-corrected chi connectivity index (χ1v) is 15.2. The second kappa shape index (κ2) is 14.1. The highest BCUT2D eigenvalue weighted by molar-refractivity contribution is 8.05. The van der Waals surface area contributed by atoms with Gasteiger partial charge in [0, 0.05) is 23.8 Å². The molecule has 0 saturated carbocycles. The van der Waals surface area contributed by atoms with Crippen molar-refractivity contribution < 1.29 is 14.3 Å². The van der Waals surface area contributed by atoms with Gasteiger partial charge in [0.1, 0.15) is 17.2 Å². The minimum atomic E-state index is -1.07. The maximum Gasteiger partial charge on any atom is 0.234 e. The number of pyridine rings is 1. The van der Waals surface area contributed by atoms with E-state index in [1.807, 2.05) is 86.4 Å². The van der Waals surface area contributed by atoms with Crippen LogP contribution in [0.5, 0.6) is 0 Å². The number of nitrogens with one attached hydrogen (secondary N) is 2. The van der Waals surface area contributed by atoms with Crippen LogP contribution in [0.4, 0.5) is 15.3 Å². The molecule has 3 heterocycles. The smallest absolute Gasteiger partial charge is 0.234 e. The number of β-amino-alcohol motifs (C(OH)–C–C–N with tert-alkyl or cyclic N) is 1. The van der Waals surface area contributed by atoms with Crippen LogP contribution >= 0.6 is 23.1 Å². The summed E-state index contributed by atoms with van der Waals surface area (Å²) in [5.41, 5.74) is 0.668. The number of thiazole rings is 1. The number of anilines is 2. The minimum Gasteiger partial charge on any atom is -0.383 e. The number of halogens is 1. The number of aliphatic hydroxyl groups is 1. The van der Waals surface area contributed by atoms with E-state index in [0.29, 0.717) is 41.9 Å². The molecule has 218 valence electrons. The van der Waals surface area contributed by atoms with Gasteiger partial charge in [-0.05, 0) is 50.7 Å². The van der Waals surface area contributed by atoms with Gasteiger partial charge < -0.3 is 25.5 Å². The second-order valence-electron chi connectivity index (χ2n) is 10.3. The summed E-state index contributed by atoms with van der Waals surface area (Å²) in [6.45, 7) is 4.90. The van der Waals surface area contributed by atoms with Gasteiger partial charge in [-0.1, -0.05) is 72.8 Å². The Kier molecular flexibility index (Phi) is 10.5. The molecule has 0 fully saturated rings. The molecule has 0 bridgehead atoms. The molecule has 0 saturated heterocycles. The third kappa shape index (κ3) is 8.38. The van der Waals surface area contributed by atoms with Crippen molar-refractivity contribution in [1.29, 1.82) is 0 Å². The fraction of sp³-hybridized carbons (Fsp3) is 0.367. The Morgan fingerprint density at radius 2 is 1.98 bits per heavy atom. The summed E-state index contributed by atoms with van der Waals surface area (Å²) < 4.78 is 16.4. The average Bonchev–Trinajstić information content (AvgIpc) is 3.39. The lowest BCUT2D eigenvalue weighted by molar-refractivity contribution is -0.121. The van der Waals surface area contributed by atoms with Crippen molar-refractivity contribution in [2.75, 3.05) is 32.5 Å². The molecule has 0 spiro atoms. The standard InChI is InChI=1S/C30H37FN6O2S2/c1-5-14-30(39,23-9-7-6-8-10-23)20-37-15-13-24(28(31)21(37)2)40-27-18-34-29(41-27)35-25-12-11-22(16-32-25)17-33-26(38)19-36(3)4/h6-13,15-16,18,21,39H,5,14,17,19-20H2,1-4H3,(H,33,38)(H,32,34,35). The van der Waals surface area contributed by atoms with Crippen molar-refractivity contribution in [2.45, 2.75) is 49.1 Å². The predicted molar refractivity (Wildman–Crippen MR) is 165 cm³/mol. The molecule has 3 N–H and O–H groups in total. The van der Waals surface area contributed by atoms with E-state index in [2.05, 4.69) is 20.6 Å². The number of likely N-dealkylation sites (N-methyl/N-ethyl adjacent to an activating group) is 1. The molecule has 1 aliphatic rings. The lowest BCUT2D eigenvalue weighted by Crippen LogP contribution is -2.43. The van der Waals surface area contributed by atoms with E-state index in [0.717, 1.165) is 21.8 Å². The van der Waals surface area contributed by atoms with Gasteiger partial charge >= 0.3 is 0 Å². The van der Waals surface area contributed by atoms with Crippen molar-refractivity contribution in [3.8, 4) is 0 Å². The van der Waals surface area contributed by atoms with Gasteiger partial charge in [0.2, 0.25) is 5.91 Å². The first kappa shape index (κ1) is 30.7. The molecule has 11 heteroatoms. The van der Waals surface area contributed by atoms with E-state index in [4.69, 9.17) is 0 Å². The van der Waals surface area contributed by atoms with Crippen molar-refractivity contribution >= 4 is 40.0 Å². The van der Waals surface area contributed by atoms with Gasteiger partial charge in [-0.3, -0.25) is 4.79 Å². The summed E-state index contributed by atoms with van der Waals surface area (Å²) >= 11 is 2.74. The zero-order valence-electron chi connectivity index (χ0n) is 23.8. The Labute approximate surface area is 249 Å². The van der Waals surface area contributed by atoms with Gasteiger partial charge in [-0.25, -0.2) is 14.4 Å². The number of aromatic nitrogens is 2. The summed E-state index contributed by atoms with van der Waals surface area (Å²) in [7, 11) is 3.69. The number of hydrogen-bond acceptors (Lipinski definition) is 9. The maximum atomic E-state index is 15.5. The van der Waals surface area contributed by atoms with Crippen LogP contribution in [-0.4, -0.2) is 64.0 Å². The quantitative estimate of drug-likeness (QED) is 0.234. The Morgan fingerprint density at radius 3 is 2.66 bits per heavy atom. The largest absolute Gasteiger partial charge is 0.383 e. The van der Waals surface area contributed by atoms with Crippen LogP contribution in [0.3, 0.4) is 0 Å². The van der Waals surface area contributed by atoms with Crippen LogP contribution in [0.2, 0.25) is 0 Å². The number of nitrogens with zero attached hydrogens (tertiary/aromatic N) is 4. The molecule has 8 nitrogen and oxygen atoms in total. The summed E-state index contributed by atoms with van der Waals surface area (Å²) in [6.07, 6.45) is 8.46. The predicted octanol–water partition coefficient (Wildman–Crippen LogP) is 5.64. The molecule has 2 atom stereocenters. The van der Waals surface area contributed by atoms with Crippen LogP contribution in [0.1, 0.15) is 37.8 Å². The lowest BCUT2D eigenvalue weighted by atomic mass is 9.88. The Balaban J connectivity index is 1.34. The summed E-state index contributed by atoms with van der Waals surface area (Å²) in [5.74, 6) is 0.350. The van der Waals surface area contributed by atoms with Crippen LogP contribution in [0, 0.1) is 0 Å². The van der Waals surface area contributed by atoms with E-state index >= 15 is 4.39 Å². The third-order valence-corrected chi connectivity index (χ3v) is 8.71. The third-order valence-electron chi connectivity index (χ3n) is 6.64. The van der Waals surface area contributed by atoms with Crippen LogP contribution in [0.15, 0.2) is 82.1 Å². The number of rotatable bonds is 13. The topological polar surface area (TPSA) is 93.6 Å². The molecular formula is C30H37FN6O2S2. The zero-order chi connectivity index (χ0) is 29.4. The molecule has 0 radical (unpaired) electrons. The number of hydrogen-bond donors (Lipinski definition) is 3. The Morgan fingerprint density at radius 1 is 1.20 bits per heavy atom. The van der Waals surface area contributed by atoms with Gasteiger partial charge in [0.15, 0.2) is 5.13 Å². The van der Waals surface area contributed by atoms with E-state index in [1.165, 1.54) is 23.1 Å². The minimum absolute atomic E-state index is 0.0448. The number of amides is 1. The maximum absolute atomic E-state index is 15.5. The highest BCUT2D eigenvalue weighted by Crippen LogP contribution is 2.40. The summed E-state index contributed by atoms with van der Waals surface area (Å²) in [4.78, 5) is 24.9. The first-order valence-electron chi connectivity index (χ1n) is 13.6. The lowest BCUT2D eigenvalue weighted by Gasteiger charge is -2.38. The average molecular weight is 597 g/mol. The Bertz CT molecular complexity index is 1360. The molecule has 0 aliphatic carbocycles. The first-order chi connectivity index (χ1) is 19.7. The van der Waals surface area contributed by atoms with Crippen molar-refractivity contribution in [3.63, 3.8) is 0 Å². The molecule has 2 aromatic heterocycles. The van der Waals surface area contributed by atoms with Crippen molar-refractivity contribution in [1.82, 2.24) is 25.1 Å². The van der Waals surface area contributed by atoms with Crippen molar-refractivity contribution in [3.05, 3.63) is 89.0 Å². The monoisotopic (exact) mass is 596 g/mol.